The molecule has 114 valence electrons. The highest BCUT2D eigenvalue weighted by Crippen LogP contribution is 2.30. The molecule has 3 aromatic rings. The quantitative estimate of drug-likeness (QED) is 0.728. The van der Waals surface area contributed by atoms with Crippen molar-refractivity contribution in [3.8, 4) is 11.5 Å². The number of fused-ring (bicyclic) bond motifs is 1. The molecule has 0 aliphatic carbocycles. The van der Waals surface area contributed by atoms with Gasteiger partial charge < -0.3 is 9.42 Å². The summed E-state index contributed by atoms with van der Waals surface area (Å²) in [7, 11) is 0. The number of benzene rings is 1. The van der Waals surface area contributed by atoms with Gasteiger partial charge in [-0.05, 0) is 37.1 Å². The predicted molar refractivity (Wildman–Crippen MR) is 84.1 cm³/mol. The topological polar surface area (TPSA) is 72.1 Å². The van der Waals surface area contributed by atoms with E-state index in [-0.39, 0.29) is 5.91 Å². The lowest BCUT2D eigenvalue weighted by atomic mass is 10.1. The summed E-state index contributed by atoms with van der Waals surface area (Å²) in [6.07, 6.45) is 4.34. The first-order valence-corrected chi connectivity index (χ1v) is 7.38. The van der Waals surface area contributed by atoms with Gasteiger partial charge in [-0.3, -0.25) is 9.78 Å². The number of nitrogens with zero attached hydrogens (tertiary/aromatic N) is 4. The van der Waals surface area contributed by atoms with E-state index in [1.165, 1.54) is 0 Å². The van der Waals surface area contributed by atoms with Crippen molar-refractivity contribution in [2.24, 2.45) is 0 Å². The van der Waals surface area contributed by atoms with Gasteiger partial charge in [-0.1, -0.05) is 17.3 Å². The van der Waals surface area contributed by atoms with Gasteiger partial charge in [0.05, 0.1) is 16.8 Å². The Balaban J connectivity index is 1.76. The summed E-state index contributed by atoms with van der Waals surface area (Å²) in [5.41, 5.74) is 3.22. The van der Waals surface area contributed by atoms with Crippen LogP contribution in [0, 0.1) is 6.92 Å². The minimum atomic E-state index is -0.0681. The molecule has 0 N–H and O–H groups in total. The molecule has 2 aromatic heterocycles. The Hall–Kier alpha value is -3.02. The number of aryl methyl sites for hydroxylation is 1. The van der Waals surface area contributed by atoms with Gasteiger partial charge in [0.2, 0.25) is 0 Å². The molecular formula is C17H14N4O2. The largest absolute Gasteiger partial charge is 0.334 e. The molecule has 0 spiro atoms. The van der Waals surface area contributed by atoms with Gasteiger partial charge in [0.1, 0.15) is 0 Å². The van der Waals surface area contributed by atoms with Crippen LogP contribution in [0.5, 0.6) is 0 Å². The molecule has 1 aliphatic rings. The molecular weight excluding hydrogens is 292 g/mol. The van der Waals surface area contributed by atoms with E-state index in [0.717, 1.165) is 17.7 Å². The van der Waals surface area contributed by atoms with Gasteiger partial charge in [-0.2, -0.15) is 4.98 Å². The molecule has 6 nitrogen and oxygen atoms in total. The van der Waals surface area contributed by atoms with E-state index in [1.807, 2.05) is 30.5 Å². The van der Waals surface area contributed by atoms with Crippen LogP contribution in [0.2, 0.25) is 0 Å². The molecule has 6 heteroatoms. The molecule has 23 heavy (non-hydrogen) atoms. The van der Waals surface area contributed by atoms with Crippen molar-refractivity contribution in [3.05, 3.63) is 59.7 Å². The van der Waals surface area contributed by atoms with E-state index in [0.29, 0.717) is 29.4 Å². The fraction of sp³-hybridized carbons (Fsp3) is 0.176. The average Bonchev–Trinajstić information content (AvgIpc) is 3.20. The third-order valence-corrected chi connectivity index (χ3v) is 3.93. The second kappa shape index (κ2) is 5.31. The van der Waals surface area contributed by atoms with Crippen LogP contribution in [0.15, 0.2) is 47.2 Å². The lowest BCUT2D eigenvalue weighted by Crippen LogP contribution is -2.29. The van der Waals surface area contributed by atoms with Gasteiger partial charge in [-0.15, -0.1) is 0 Å². The van der Waals surface area contributed by atoms with Crippen molar-refractivity contribution in [2.75, 3.05) is 11.4 Å². The van der Waals surface area contributed by atoms with Gasteiger partial charge in [-0.25, -0.2) is 0 Å². The second-order valence-electron chi connectivity index (χ2n) is 5.40. The Morgan fingerprint density at radius 2 is 2.13 bits per heavy atom. The third kappa shape index (κ3) is 2.28. The molecule has 1 aromatic carbocycles. The van der Waals surface area contributed by atoms with Crippen molar-refractivity contribution in [1.29, 1.82) is 0 Å². The summed E-state index contributed by atoms with van der Waals surface area (Å²) >= 11 is 0. The predicted octanol–water partition coefficient (Wildman–Crippen LogP) is 2.64. The number of carbonyl (C=O) groups excluding carboxylic acids is 1. The highest BCUT2D eigenvalue weighted by Gasteiger charge is 2.28. The first kappa shape index (κ1) is 13.6. The Morgan fingerprint density at radius 3 is 2.96 bits per heavy atom. The van der Waals surface area contributed by atoms with Gasteiger partial charge in [0.15, 0.2) is 5.82 Å². The summed E-state index contributed by atoms with van der Waals surface area (Å²) in [6, 6.07) is 9.18. The standard InChI is InChI=1S/C17H14N4O2/c1-11-19-16(23-20-11)13-4-2-3-5-14(13)17(22)21-9-7-12-10-18-8-6-15(12)21/h2-6,8,10H,7,9H2,1H3. The summed E-state index contributed by atoms with van der Waals surface area (Å²) in [5.74, 6) is 0.835. The van der Waals surface area contributed by atoms with Crippen molar-refractivity contribution in [2.45, 2.75) is 13.3 Å². The van der Waals surface area contributed by atoms with Crippen LogP contribution >= 0.6 is 0 Å². The van der Waals surface area contributed by atoms with E-state index in [4.69, 9.17) is 4.52 Å². The molecule has 3 heterocycles. The summed E-state index contributed by atoms with van der Waals surface area (Å²) in [6.45, 7) is 2.40. The highest BCUT2D eigenvalue weighted by atomic mass is 16.5. The van der Waals surface area contributed by atoms with Crippen LogP contribution in [0.3, 0.4) is 0 Å². The van der Waals surface area contributed by atoms with Crippen molar-refractivity contribution < 1.29 is 9.32 Å². The van der Waals surface area contributed by atoms with Crippen LogP contribution < -0.4 is 4.90 Å². The number of aromatic nitrogens is 3. The monoisotopic (exact) mass is 306 g/mol. The molecule has 0 atom stereocenters. The van der Waals surface area contributed by atoms with Crippen LogP contribution in [0.4, 0.5) is 5.69 Å². The van der Waals surface area contributed by atoms with Gasteiger partial charge >= 0.3 is 0 Å². The second-order valence-corrected chi connectivity index (χ2v) is 5.40. The zero-order valence-electron chi connectivity index (χ0n) is 12.6. The number of anilines is 1. The van der Waals surface area contributed by atoms with E-state index in [9.17, 15) is 4.79 Å². The maximum absolute atomic E-state index is 13.0. The number of hydrogen-bond donors (Lipinski definition) is 0. The number of carbonyl (C=O) groups is 1. The zero-order chi connectivity index (χ0) is 15.8. The Labute approximate surface area is 132 Å². The lowest BCUT2D eigenvalue weighted by molar-refractivity contribution is 0.0989. The molecule has 0 saturated carbocycles. The van der Waals surface area contributed by atoms with Crippen LogP contribution in [0.1, 0.15) is 21.7 Å². The fourth-order valence-corrected chi connectivity index (χ4v) is 2.85. The number of rotatable bonds is 2. The normalized spacial score (nSPS) is 13.2. The van der Waals surface area contributed by atoms with Crippen molar-refractivity contribution in [3.63, 3.8) is 0 Å². The first-order chi connectivity index (χ1) is 11.2. The minimum Gasteiger partial charge on any atom is -0.334 e. The Bertz CT molecular complexity index is 888. The van der Waals surface area contributed by atoms with Crippen molar-refractivity contribution >= 4 is 11.6 Å². The van der Waals surface area contributed by atoms with E-state index < -0.39 is 0 Å². The number of hydrogen-bond acceptors (Lipinski definition) is 5. The maximum atomic E-state index is 13.0. The fourth-order valence-electron chi connectivity index (χ4n) is 2.85. The van der Waals surface area contributed by atoms with E-state index in [1.54, 1.807) is 24.1 Å². The van der Waals surface area contributed by atoms with Crippen molar-refractivity contribution in [1.82, 2.24) is 15.1 Å². The van der Waals surface area contributed by atoms with Crippen LogP contribution in [-0.2, 0) is 6.42 Å². The summed E-state index contributed by atoms with van der Waals surface area (Å²) in [5, 5.41) is 3.81. The van der Waals surface area contributed by atoms with Gasteiger partial charge in [0.25, 0.3) is 11.8 Å². The SMILES string of the molecule is Cc1noc(-c2ccccc2C(=O)N2CCc3cnccc32)n1. The van der Waals surface area contributed by atoms with Crippen LogP contribution in [0.25, 0.3) is 11.5 Å². The number of pyridine rings is 1. The smallest absolute Gasteiger partial charge is 0.259 e. The molecule has 0 bridgehead atoms. The Morgan fingerprint density at radius 1 is 1.26 bits per heavy atom. The lowest BCUT2D eigenvalue weighted by Gasteiger charge is -2.18. The molecule has 1 amide bonds. The molecule has 0 unspecified atom stereocenters. The Kier molecular flexibility index (Phi) is 3.15. The molecule has 0 radical (unpaired) electrons. The number of amides is 1. The zero-order valence-corrected chi connectivity index (χ0v) is 12.6. The highest BCUT2D eigenvalue weighted by molar-refractivity contribution is 6.10. The summed E-state index contributed by atoms with van der Waals surface area (Å²) in [4.78, 5) is 23.2. The van der Waals surface area contributed by atoms with Crippen LogP contribution in [-0.4, -0.2) is 27.6 Å². The molecule has 4 rings (SSSR count). The average molecular weight is 306 g/mol. The molecule has 0 fully saturated rings. The van der Waals surface area contributed by atoms with E-state index >= 15 is 0 Å². The minimum absolute atomic E-state index is 0.0681. The van der Waals surface area contributed by atoms with Gasteiger partial charge in [0, 0.05) is 18.9 Å². The molecule has 0 saturated heterocycles. The first-order valence-electron chi connectivity index (χ1n) is 7.38. The van der Waals surface area contributed by atoms with E-state index in [2.05, 4.69) is 15.1 Å². The molecule has 1 aliphatic heterocycles. The maximum Gasteiger partial charge on any atom is 0.259 e. The summed E-state index contributed by atoms with van der Waals surface area (Å²) < 4.78 is 5.23. The third-order valence-electron chi connectivity index (χ3n) is 3.93.